The van der Waals surface area contributed by atoms with E-state index < -0.39 is 5.54 Å². The molecule has 22 heavy (non-hydrogen) atoms. The Morgan fingerprint density at radius 1 is 1.32 bits per heavy atom. The summed E-state index contributed by atoms with van der Waals surface area (Å²) in [5, 5.41) is 14.5. The van der Waals surface area contributed by atoms with Crippen molar-refractivity contribution in [3.8, 4) is 0 Å². The van der Waals surface area contributed by atoms with E-state index in [1.165, 1.54) is 6.26 Å². The molecule has 0 aliphatic carbocycles. The van der Waals surface area contributed by atoms with E-state index in [4.69, 9.17) is 9.84 Å². The second-order valence-corrected chi connectivity index (χ2v) is 5.99. The SMILES string of the molecule is C=C(C)C(=O)NC(C)(C)CO/C=C(\C)C(=O)NC(CC)CO. The van der Waals surface area contributed by atoms with Gasteiger partial charge in [0.1, 0.15) is 6.61 Å². The second kappa shape index (κ2) is 9.25. The Balaban J connectivity index is 4.43. The zero-order valence-corrected chi connectivity index (χ0v) is 14.2. The van der Waals surface area contributed by atoms with E-state index in [0.717, 1.165) is 0 Å². The molecule has 0 aromatic heterocycles. The lowest BCUT2D eigenvalue weighted by atomic mass is 10.1. The molecule has 0 aliphatic rings. The molecule has 0 spiro atoms. The molecule has 1 atom stereocenters. The van der Waals surface area contributed by atoms with E-state index in [9.17, 15) is 9.59 Å². The highest BCUT2D eigenvalue weighted by Gasteiger charge is 2.21. The average Bonchev–Trinajstić information content (AvgIpc) is 2.43. The van der Waals surface area contributed by atoms with Gasteiger partial charge >= 0.3 is 0 Å². The maximum absolute atomic E-state index is 11.8. The van der Waals surface area contributed by atoms with Crippen LogP contribution in [-0.2, 0) is 14.3 Å². The van der Waals surface area contributed by atoms with Gasteiger partial charge in [0, 0.05) is 11.1 Å². The van der Waals surface area contributed by atoms with Gasteiger partial charge < -0.3 is 20.5 Å². The van der Waals surface area contributed by atoms with Crippen LogP contribution in [0.1, 0.15) is 41.0 Å². The lowest BCUT2D eigenvalue weighted by Crippen LogP contribution is -2.47. The lowest BCUT2D eigenvalue weighted by Gasteiger charge is -2.25. The Hall–Kier alpha value is -1.82. The van der Waals surface area contributed by atoms with Crippen LogP contribution in [0.5, 0.6) is 0 Å². The monoisotopic (exact) mass is 312 g/mol. The van der Waals surface area contributed by atoms with E-state index >= 15 is 0 Å². The van der Waals surface area contributed by atoms with Gasteiger partial charge in [0.2, 0.25) is 11.8 Å². The first-order chi connectivity index (χ1) is 10.1. The van der Waals surface area contributed by atoms with E-state index in [2.05, 4.69) is 17.2 Å². The normalized spacial score (nSPS) is 13.3. The van der Waals surface area contributed by atoms with Crippen LogP contribution in [0, 0.1) is 0 Å². The summed E-state index contributed by atoms with van der Waals surface area (Å²) in [7, 11) is 0. The maximum atomic E-state index is 11.8. The van der Waals surface area contributed by atoms with Crippen molar-refractivity contribution in [2.24, 2.45) is 0 Å². The third-order valence-corrected chi connectivity index (χ3v) is 2.95. The minimum atomic E-state index is -0.583. The summed E-state index contributed by atoms with van der Waals surface area (Å²) in [5.41, 5.74) is 0.239. The molecule has 0 rings (SSSR count). The molecule has 0 aliphatic heterocycles. The molecule has 0 fully saturated rings. The summed E-state index contributed by atoms with van der Waals surface area (Å²) in [4.78, 5) is 23.4. The van der Waals surface area contributed by atoms with Gasteiger partial charge in [-0.3, -0.25) is 9.59 Å². The highest BCUT2D eigenvalue weighted by atomic mass is 16.5. The predicted molar refractivity (Wildman–Crippen MR) is 86.1 cm³/mol. The smallest absolute Gasteiger partial charge is 0.250 e. The number of aliphatic hydroxyl groups is 1. The minimum absolute atomic E-state index is 0.101. The molecule has 2 amide bonds. The van der Waals surface area contributed by atoms with Crippen LogP contribution < -0.4 is 10.6 Å². The van der Waals surface area contributed by atoms with Gasteiger partial charge in [-0.15, -0.1) is 0 Å². The average molecular weight is 312 g/mol. The van der Waals surface area contributed by atoms with Crippen LogP contribution in [0.2, 0.25) is 0 Å². The molecule has 0 saturated heterocycles. The Kier molecular flexibility index (Phi) is 8.48. The van der Waals surface area contributed by atoms with Crippen LogP contribution in [0.25, 0.3) is 0 Å². The number of hydrogen-bond donors (Lipinski definition) is 3. The quantitative estimate of drug-likeness (QED) is 0.442. The highest BCUT2D eigenvalue weighted by molar-refractivity contribution is 5.93. The molecule has 0 radical (unpaired) electrons. The van der Waals surface area contributed by atoms with Gasteiger partial charge in [-0.2, -0.15) is 0 Å². The van der Waals surface area contributed by atoms with Crippen LogP contribution in [-0.4, -0.2) is 41.7 Å². The molecule has 1 unspecified atom stereocenters. The number of carbonyl (C=O) groups is 2. The Morgan fingerprint density at radius 2 is 1.91 bits per heavy atom. The fourth-order valence-electron chi connectivity index (χ4n) is 1.45. The van der Waals surface area contributed by atoms with E-state index in [-0.39, 0.29) is 31.1 Å². The van der Waals surface area contributed by atoms with Crippen LogP contribution >= 0.6 is 0 Å². The number of rotatable bonds is 9. The lowest BCUT2D eigenvalue weighted by molar-refractivity contribution is -0.120. The van der Waals surface area contributed by atoms with Crippen molar-refractivity contribution in [2.75, 3.05) is 13.2 Å². The number of nitrogens with one attached hydrogen (secondary N) is 2. The van der Waals surface area contributed by atoms with Crippen molar-refractivity contribution in [1.82, 2.24) is 10.6 Å². The second-order valence-electron chi connectivity index (χ2n) is 5.99. The summed E-state index contributed by atoms with van der Waals surface area (Å²) in [6.45, 7) is 12.5. The molecule has 0 saturated carbocycles. The van der Waals surface area contributed by atoms with Crippen molar-refractivity contribution in [2.45, 2.75) is 52.6 Å². The molecule has 6 nitrogen and oxygen atoms in total. The van der Waals surface area contributed by atoms with Gasteiger partial charge in [-0.25, -0.2) is 0 Å². The molecular weight excluding hydrogens is 284 g/mol. The van der Waals surface area contributed by atoms with Gasteiger partial charge in [0.05, 0.1) is 24.4 Å². The zero-order chi connectivity index (χ0) is 17.3. The summed E-state index contributed by atoms with van der Waals surface area (Å²) in [6.07, 6.45) is 2.00. The molecular formula is C16H28N2O4. The molecule has 0 aromatic rings. The van der Waals surface area contributed by atoms with Crippen molar-refractivity contribution in [3.05, 3.63) is 24.0 Å². The molecule has 3 N–H and O–H groups in total. The fraction of sp³-hybridized carbons (Fsp3) is 0.625. The van der Waals surface area contributed by atoms with Crippen LogP contribution in [0.3, 0.4) is 0 Å². The van der Waals surface area contributed by atoms with Crippen molar-refractivity contribution in [3.63, 3.8) is 0 Å². The summed E-state index contributed by atoms with van der Waals surface area (Å²) in [6, 6.07) is -0.262. The van der Waals surface area contributed by atoms with Crippen molar-refractivity contribution < 1.29 is 19.4 Å². The predicted octanol–water partition coefficient (Wildman–Crippen LogP) is 1.26. The first-order valence-electron chi connectivity index (χ1n) is 7.31. The maximum Gasteiger partial charge on any atom is 0.250 e. The van der Waals surface area contributed by atoms with Crippen LogP contribution in [0.15, 0.2) is 24.0 Å². The number of carbonyl (C=O) groups excluding carboxylic acids is 2. The van der Waals surface area contributed by atoms with E-state index in [1.54, 1.807) is 13.8 Å². The third-order valence-electron chi connectivity index (χ3n) is 2.95. The van der Waals surface area contributed by atoms with E-state index in [0.29, 0.717) is 17.6 Å². The number of aliphatic hydroxyl groups excluding tert-OH is 1. The minimum Gasteiger partial charge on any atom is -0.498 e. The van der Waals surface area contributed by atoms with Gasteiger partial charge in [0.25, 0.3) is 0 Å². The zero-order valence-electron chi connectivity index (χ0n) is 14.2. The van der Waals surface area contributed by atoms with Gasteiger partial charge in [-0.1, -0.05) is 13.5 Å². The number of amides is 2. The van der Waals surface area contributed by atoms with Crippen LogP contribution in [0.4, 0.5) is 0 Å². The first kappa shape index (κ1) is 20.2. The summed E-state index contributed by atoms with van der Waals surface area (Å²) < 4.78 is 5.38. The Bertz CT molecular complexity index is 437. The van der Waals surface area contributed by atoms with Crippen molar-refractivity contribution >= 4 is 11.8 Å². The molecule has 126 valence electrons. The Labute approximate surface area is 132 Å². The highest BCUT2D eigenvalue weighted by Crippen LogP contribution is 2.06. The number of ether oxygens (including phenoxy) is 1. The summed E-state index contributed by atoms with van der Waals surface area (Å²) in [5.74, 6) is -0.523. The fourth-order valence-corrected chi connectivity index (χ4v) is 1.45. The molecule has 0 heterocycles. The van der Waals surface area contributed by atoms with E-state index in [1.807, 2.05) is 20.8 Å². The molecule has 0 bridgehead atoms. The topological polar surface area (TPSA) is 87.7 Å². The standard InChI is InChI=1S/C16H28N2O4/c1-7-13(8-19)17-15(21)12(4)9-22-10-16(5,6)18-14(20)11(2)3/h9,13,19H,2,7-8,10H2,1,3-6H3,(H,17,21)(H,18,20)/b12-9+. The summed E-state index contributed by atoms with van der Waals surface area (Å²) >= 11 is 0. The third kappa shape index (κ3) is 7.83. The van der Waals surface area contributed by atoms with Gasteiger partial charge in [-0.05, 0) is 34.1 Å². The molecule has 6 heteroatoms. The van der Waals surface area contributed by atoms with Crippen molar-refractivity contribution in [1.29, 1.82) is 0 Å². The van der Waals surface area contributed by atoms with Gasteiger partial charge in [0.15, 0.2) is 0 Å². The largest absolute Gasteiger partial charge is 0.498 e. The molecule has 0 aromatic carbocycles. The Morgan fingerprint density at radius 3 is 2.36 bits per heavy atom. The first-order valence-corrected chi connectivity index (χ1v) is 7.31. The number of hydrogen-bond acceptors (Lipinski definition) is 4.